The highest BCUT2D eigenvalue weighted by Crippen LogP contribution is 2.44. The molecule has 3 heterocycles. The fraction of sp³-hybridized carbons (Fsp3) is 0.310. The second kappa shape index (κ2) is 10.1. The normalized spacial score (nSPS) is 14.8. The smallest absolute Gasteiger partial charge is 0.297 e. The molecule has 0 radical (unpaired) electrons. The molecule has 5 rings (SSSR count). The van der Waals surface area contributed by atoms with Gasteiger partial charge in [0.1, 0.15) is 5.58 Å². The number of carbonyl (C=O) groups excluding carboxylic acids is 2. The van der Waals surface area contributed by atoms with E-state index in [1.54, 1.807) is 50.4 Å². The summed E-state index contributed by atoms with van der Waals surface area (Å²) in [4.78, 5) is 46.2. The molecule has 0 saturated carbocycles. The summed E-state index contributed by atoms with van der Waals surface area (Å²) in [6.45, 7) is 7.97. The third-order valence-electron chi connectivity index (χ3n) is 6.54. The topological polar surface area (TPSA) is 98.9 Å². The number of ether oxygens (including phenoxy) is 2. The van der Waals surface area contributed by atoms with E-state index in [0.717, 1.165) is 17.8 Å². The minimum absolute atomic E-state index is 0.0350. The largest absolute Gasteiger partial charge is 0.493 e. The number of thiazole rings is 1. The van der Waals surface area contributed by atoms with Crippen LogP contribution < -0.4 is 19.8 Å². The molecule has 0 aliphatic carbocycles. The number of hydrogen-bond acceptors (Lipinski definition) is 8. The molecule has 8 nitrogen and oxygen atoms in total. The van der Waals surface area contributed by atoms with Crippen molar-refractivity contribution in [1.82, 2.24) is 4.98 Å². The second-order valence-corrected chi connectivity index (χ2v) is 10.6. The van der Waals surface area contributed by atoms with Crippen LogP contribution in [0, 0.1) is 12.8 Å². The Kier molecular flexibility index (Phi) is 6.79. The number of aromatic nitrogens is 1. The molecule has 0 spiro atoms. The number of amides is 1. The zero-order valence-corrected chi connectivity index (χ0v) is 22.7. The lowest BCUT2D eigenvalue weighted by molar-refractivity contribution is 0.0969. The van der Waals surface area contributed by atoms with Gasteiger partial charge in [0.2, 0.25) is 5.76 Å². The Hall–Kier alpha value is -3.98. The first-order valence-corrected chi connectivity index (χ1v) is 13.2. The quantitative estimate of drug-likeness (QED) is 0.259. The lowest BCUT2D eigenvalue weighted by Gasteiger charge is -2.23. The van der Waals surface area contributed by atoms with Gasteiger partial charge >= 0.3 is 0 Å². The molecule has 4 aromatic rings. The zero-order chi connectivity index (χ0) is 27.1. The Morgan fingerprint density at radius 1 is 1.16 bits per heavy atom. The van der Waals surface area contributed by atoms with Crippen LogP contribution in [0.15, 0.2) is 51.7 Å². The third-order valence-corrected chi connectivity index (χ3v) is 7.80. The Morgan fingerprint density at radius 3 is 2.61 bits per heavy atom. The first kappa shape index (κ1) is 25.7. The molecule has 2 aromatic carbocycles. The Labute approximate surface area is 223 Å². The molecule has 2 aromatic heterocycles. The Morgan fingerprint density at radius 2 is 1.92 bits per heavy atom. The second-order valence-electron chi connectivity index (χ2n) is 9.66. The van der Waals surface area contributed by atoms with Gasteiger partial charge in [-0.05, 0) is 49.1 Å². The van der Waals surface area contributed by atoms with Gasteiger partial charge < -0.3 is 13.9 Å². The summed E-state index contributed by atoms with van der Waals surface area (Å²) < 4.78 is 17.6. The van der Waals surface area contributed by atoms with Crippen LogP contribution in [-0.4, -0.2) is 30.4 Å². The molecule has 1 amide bonds. The van der Waals surface area contributed by atoms with Crippen LogP contribution in [0.25, 0.3) is 11.0 Å². The molecule has 1 aliphatic rings. The number of aryl methyl sites for hydroxylation is 1. The maximum Gasteiger partial charge on any atom is 0.297 e. The van der Waals surface area contributed by atoms with Crippen LogP contribution in [0.3, 0.4) is 0 Å². The zero-order valence-electron chi connectivity index (χ0n) is 21.9. The molecule has 1 atom stereocenters. The average Bonchev–Trinajstić information content (AvgIpc) is 3.41. The van der Waals surface area contributed by atoms with Crippen LogP contribution in [0.4, 0.5) is 5.13 Å². The van der Waals surface area contributed by atoms with Crippen molar-refractivity contribution in [2.24, 2.45) is 5.92 Å². The number of hydrogen-bond donors (Lipinski definition) is 0. The molecule has 38 heavy (non-hydrogen) atoms. The highest BCUT2D eigenvalue weighted by molar-refractivity contribution is 7.17. The molecule has 1 unspecified atom stereocenters. The fourth-order valence-corrected chi connectivity index (χ4v) is 5.61. The van der Waals surface area contributed by atoms with Gasteiger partial charge in [-0.25, -0.2) is 4.98 Å². The van der Waals surface area contributed by atoms with Crippen LogP contribution >= 0.6 is 11.3 Å². The monoisotopic (exact) mass is 532 g/mol. The highest BCUT2D eigenvalue weighted by Gasteiger charge is 2.45. The summed E-state index contributed by atoms with van der Waals surface area (Å²) >= 11 is 1.12. The standard InChI is InChI=1S/C29H28N2O6S/c1-15(2)12-13-36-21-11-10-18(14-22(21)35-5)24-23-25(33)19-8-6-7-9-20(19)37-26(23)28(34)31(24)29-30-16(3)27(38-29)17(4)32/h6-11,14-15,24H,12-13H2,1-5H3. The minimum Gasteiger partial charge on any atom is -0.493 e. The third kappa shape index (κ3) is 4.36. The van der Waals surface area contributed by atoms with Gasteiger partial charge in [-0.15, -0.1) is 0 Å². The van der Waals surface area contributed by atoms with Crippen molar-refractivity contribution in [3.05, 3.63) is 80.1 Å². The number of ketones is 1. The number of anilines is 1. The van der Waals surface area contributed by atoms with Gasteiger partial charge in [0.25, 0.3) is 5.91 Å². The van der Waals surface area contributed by atoms with Gasteiger partial charge in [-0.1, -0.05) is 43.4 Å². The Balaban J connectivity index is 1.69. The maximum atomic E-state index is 13.8. The molecule has 0 saturated heterocycles. The predicted octanol–water partition coefficient (Wildman–Crippen LogP) is 5.94. The number of rotatable bonds is 8. The van der Waals surface area contributed by atoms with Crippen molar-refractivity contribution in [2.75, 3.05) is 18.6 Å². The molecule has 0 bridgehead atoms. The summed E-state index contributed by atoms with van der Waals surface area (Å²) in [5.41, 5.74) is 1.41. The van der Waals surface area contributed by atoms with Gasteiger partial charge in [0.15, 0.2) is 27.8 Å². The summed E-state index contributed by atoms with van der Waals surface area (Å²) in [6, 6.07) is 11.4. The number of para-hydroxylation sites is 1. The average molecular weight is 533 g/mol. The van der Waals surface area contributed by atoms with Crippen LogP contribution in [-0.2, 0) is 0 Å². The first-order valence-electron chi connectivity index (χ1n) is 12.4. The number of fused-ring (bicyclic) bond motifs is 2. The number of methoxy groups -OCH3 is 1. The number of Topliss-reactive ketones (excluding diaryl/α,β-unsaturated/α-hetero) is 1. The summed E-state index contributed by atoms with van der Waals surface area (Å²) in [5.74, 6) is 0.876. The lowest BCUT2D eigenvalue weighted by Crippen LogP contribution is -2.29. The van der Waals surface area contributed by atoms with Gasteiger partial charge in [-0.2, -0.15) is 0 Å². The fourth-order valence-electron chi connectivity index (χ4n) is 4.62. The van der Waals surface area contributed by atoms with Gasteiger partial charge in [0.05, 0.1) is 41.3 Å². The molecule has 196 valence electrons. The molecular formula is C29H28N2O6S. The van der Waals surface area contributed by atoms with E-state index in [-0.39, 0.29) is 22.5 Å². The van der Waals surface area contributed by atoms with Gasteiger partial charge in [0, 0.05) is 6.92 Å². The van der Waals surface area contributed by atoms with E-state index in [1.807, 2.05) is 6.07 Å². The van der Waals surface area contributed by atoms with Crippen LogP contribution in [0.1, 0.15) is 70.3 Å². The number of benzene rings is 2. The molecule has 0 N–H and O–H groups in total. The molecule has 9 heteroatoms. The van der Waals surface area contributed by atoms with Crippen LogP contribution in [0.2, 0.25) is 0 Å². The summed E-state index contributed by atoms with van der Waals surface area (Å²) in [6.07, 6.45) is 0.888. The van der Waals surface area contributed by atoms with E-state index in [0.29, 0.717) is 56.3 Å². The van der Waals surface area contributed by atoms with E-state index in [2.05, 4.69) is 18.8 Å². The molecule has 0 fully saturated rings. The van der Waals surface area contributed by atoms with Crippen molar-refractivity contribution >= 4 is 39.1 Å². The first-order chi connectivity index (χ1) is 18.2. The lowest BCUT2D eigenvalue weighted by atomic mass is 9.98. The van der Waals surface area contributed by atoms with Crippen molar-refractivity contribution < 1.29 is 23.5 Å². The predicted molar refractivity (Wildman–Crippen MR) is 146 cm³/mol. The van der Waals surface area contributed by atoms with Crippen LogP contribution in [0.5, 0.6) is 11.5 Å². The molecular weight excluding hydrogens is 504 g/mol. The van der Waals surface area contributed by atoms with E-state index < -0.39 is 11.9 Å². The Bertz CT molecular complexity index is 1620. The van der Waals surface area contributed by atoms with Crippen molar-refractivity contribution in [3.63, 3.8) is 0 Å². The highest BCUT2D eigenvalue weighted by atomic mass is 32.1. The van der Waals surface area contributed by atoms with Crippen molar-refractivity contribution in [1.29, 1.82) is 0 Å². The van der Waals surface area contributed by atoms with E-state index in [4.69, 9.17) is 13.9 Å². The van der Waals surface area contributed by atoms with E-state index in [1.165, 1.54) is 11.8 Å². The summed E-state index contributed by atoms with van der Waals surface area (Å²) in [7, 11) is 1.55. The van der Waals surface area contributed by atoms with E-state index in [9.17, 15) is 14.4 Å². The minimum atomic E-state index is -0.831. The number of nitrogens with zero attached hydrogens (tertiary/aromatic N) is 2. The number of carbonyl (C=O) groups is 2. The maximum absolute atomic E-state index is 13.8. The molecule has 1 aliphatic heterocycles. The van der Waals surface area contributed by atoms with Crippen molar-refractivity contribution in [2.45, 2.75) is 40.2 Å². The SMILES string of the molecule is COc1cc(C2c3c(oc4ccccc4c3=O)C(=O)N2c2nc(C)c(C(C)=O)s2)ccc1OCCC(C)C. The summed E-state index contributed by atoms with van der Waals surface area (Å²) in [5, 5.41) is 0.694. The van der Waals surface area contributed by atoms with Gasteiger partial charge in [-0.3, -0.25) is 19.3 Å². The van der Waals surface area contributed by atoms with Crippen molar-refractivity contribution in [3.8, 4) is 11.5 Å². The van der Waals surface area contributed by atoms with E-state index >= 15 is 0 Å².